The number of hydrogen-bond donors (Lipinski definition) is 2. The van der Waals surface area contributed by atoms with Gasteiger partial charge >= 0.3 is 0 Å². The van der Waals surface area contributed by atoms with Crippen LogP contribution < -0.4 is 15.8 Å². The molecular weight excluding hydrogens is 390 g/mol. The van der Waals surface area contributed by atoms with E-state index in [0.29, 0.717) is 24.8 Å². The van der Waals surface area contributed by atoms with Crippen molar-refractivity contribution in [1.82, 2.24) is 15.3 Å². The van der Waals surface area contributed by atoms with Crippen molar-refractivity contribution in [3.63, 3.8) is 0 Å². The fraction of sp³-hybridized carbons (Fsp3) is 0.450. The lowest BCUT2D eigenvalue weighted by Crippen LogP contribution is -2.56. The van der Waals surface area contributed by atoms with Gasteiger partial charge in [-0.05, 0) is 18.6 Å². The Bertz CT molecular complexity index is 832. The number of para-hydroxylation sites is 1. The second-order valence-corrected chi connectivity index (χ2v) is 8.20. The number of carbonyl (C=O) groups excluding carboxylic acids is 2. The summed E-state index contributed by atoms with van der Waals surface area (Å²) in [6, 6.07) is 9.25. The number of anilines is 2. The maximum atomic E-state index is 13.2. The van der Waals surface area contributed by atoms with Gasteiger partial charge in [-0.2, -0.15) is 0 Å². The first kappa shape index (κ1) is 20.0. The number of fused-ring (bicyclic) bond motifs is 1. The molecule has 154 valence electrons. The highest BCUT2D eigenvalue weighted by atomic mass is 32.1. The van der Waals surface area contributed by atoms with E-state index in [-0.39, 0.29) is 29.7 Å². The van der Waals surface area contributed by atoms with Crippen molar-refractivity contribution in [2.45, 2.75) is 12.5 Å². The predicted octanol–water partition coefficient (Wildman–Crippen LogP) is 1.59. The van der Waals surface area contributed by atoms with Gasteiger partial charge in [-0.15, -0.1) is 11.3 Å². The highest BCUT2D eigenvalue weighted by Crippen LogP contribution is 2.32. The first-order valence-electron chi connectivity index (χ1n) is 9.74. The molecular formula is C20H25N5O3S. The highest BCUT2D eigenvalue weighted by molar-refractivity contribution is 7.13. The van der Waals surface area contributed by atoms with Crippen LogP contribution in [0.25, 0.3) is 0 Å². The van der Waals surface area contributed by atoms with E-state index in [0.717, 1.165) is 18.7 Å². The Balaban J connectivity index is 1.54. The molecule has 0 spiro atoms. The summed E-state index contributed by atoms with van der Waals surface area (Å²) in [7, 11) is 1.68. The zero-order chi connectivity index (χ0) is 20.2. The minimum Gasteiger partial charge on any atom is -0.385 e. The molecule has 3 atom stereocenters. The summed E-state index contributed by atoms with van der Waals surface area (Å²) in [6.45, 7) is 2.66. The van der Waals surface area contributed by atoms with Gasteiger partial charge in [0.15, 0.2) is 5.13 Å². The molecule has 29 heavy (non-hydrogen) atoms. The Hall–Kier alpha value is -2.33. The fourth-order valence-electron chi connectivity index (χ4n) is 4.05. The van der Waals surface area contributed by atoms with Gasteiger partial charge < -0.3 is 15.0 Å². The maximum Gasteiger partial charge on any atom is 0.247 e. The zero-order valence-corrected chi connectivity index (χ0v) is 17.1. The second-order valence-electron chi connectivity index (χ2n) is 7.31. The zero-order valence-electron chi connectivity index (χ0n) is 16.3. The number of ether oxygens (including phenoxy) is 1. The van der Waals surface area contributed by atoms with Gasteiger partial charge in [-0.3, -0.25) is 9.59 Å². The molecule has 0 bridgehead atoms. The molecule has 0 aliphatic carbocycles. The van der Waals surface area contributed by atoms with Crippen molar-refractivity contribution in [2.24, 2.45) is 11.8 Å². The number of hydrogen-bond acceptors (Lipinski definition) is 7. The number of benzene rings is 1. The summed E-state index contributed by atoms with van der Waals surface area (Å²) in [5, 5.41) is 6.90. The Morgan fingerprint density at radius 2 is 2.17 bits per heavy atom. The number of thiazole rings is 1. The van der Waals surface area contributed by atoms with Gasteiger partial charge in [0.25, 0.3) is 0 Å². The van der Waals surface area contributed by atoms with E-state index in [1.54, 1.807) is 18.3 Å². The summed E-state index contributed by atoms with van der Waals surface area (Å²) >= 11 is 1.39. The third-order valence-electron chi connectivity index (χ3n) is 5.43. The lowest BCUT2D eigenvalue weighted by molar-refractivity contribution is -0.126. The number of carbonyl (C=O) groups is 2. The molecule has 3 unspecified atom stereocenters. The molecule has 2 amide bonds. The van der Waals surface area contributed by atoms with E-state index in [2.05, 4.69) is 20.6 Å². The molecule has 3 heterocycles. The normalized spacial score (nSPS) is 24.5. The Morgan fingerprint density at radius 1 is 1.34 bits per heavy atom. The van der Waals surface area contributed by atoms with Gasteiger partial charge in [-0.1, -0.05) is 18.2 Å². The monoisotopic (exact) mass is 415 g/mol. The molecule has 1 aromatic carbocycles. The summed E-state index contributed by atoms with van der Waals surface area (Å²) in [6.07, 6.45) is 2.52. The lowest BCUT2D eigenvalue weighted by Gasteiger charge is -2.38. The van der Waals surface area contributed by atoms with Crippen LogP contribution in [0.2, 0.25) is 0 Å². The van der Waals surface area contributed by atoms with E-state index < -0.39 is 0 Å². The molecule has 2 aromatic rings. The summed E-state index contributed by atoms with van der Waals surface area (Å²) in [5.74, 6) is -0.748. The average Bonchev–Trinajstić information content (AvgIpc) is 3.36. The van der Waals surface area contributed by atoms with Crippen molar-refractivity contribution in [2.75, 3.05) is 43.7 Å². The number of nitrogens with zero attached hydrogens (tertiary/aromatic N) is 3. The molecule has 9 heteroatoms. The third kappa shape index (κ3) is 4.32. The fourth-order valence-corrected chi connectivity index (χ4v) is 4.58. The van der Waals surface area contributed by atoms with Crippen LogP contribution >= 0.6 is 11.3 Å². The Kier molecular flexibility index (Phi) is 6.19. The van der Waals surface area contributed by atoms with Gasteiger partial charge in [-0.25, -0.2) is 15.4 Å². The third-order valence-corrected chi connectivity index (χ3v) is 6.12. The average molecular weight is 416 g/mol. The standard InChI is InChI=1S/C20H25N5O3S/c1-28-10-5-9-24-12-15(18(26)22-20-21-8-11-29-20)17-16(13-24)19(27)25(23-17)14-6-3-2-4-7-14/h2-4,6-8,11,15-17,23H,5,9-10,12-13H2,1H3,(H,21,22,26). The number of rotatable bonds is 7. The van der Waals surface area contributed by atoms with Crippen molar-refractivity contribution in [3.05, 3.63) is 41.9 Å². The van der Waals surface area contributed by atoms with Crippen LogP contribution in [-0.2, 0) is 14.3 Å². The smallest absolute Gasteiger partial charge is 0.247 e. The van der Waals surface area contributed by atoms with E-state index >= 15 is 0 Å². The minimum absolute atomic E-state index is 0.00434. The van der Waals surface area contributed by atoms with E-state index in [9.17, 15) is 9.59 Å². The molecule has 2 N–H and O–H groups in total. The predicted molar refractivity (Wildman–Crippen MR) is 112 cm³/mol. The van der Waals surface area contributed by atoms with Crippen LogP contribution in [0, 0.1) is 11.8 Å². The molecule has 0 saturated carbocycles. The van der Waals surface area contributed by atoms with Gasteiger partial charge in [0.1, 0.15) is 0 Å². The number of aromatic nitrogens is 1. The first-order valence-corrected chi connectivity index (χ1v) is 10.6. The van der Waals surface area contributed by atoms with Crippen molar-refractivity contribution < 1.29 is 14.3 Å². The summed E-state index contributed by atoms with van der Waals surface area (Å²) in [4.78, 5) is 32.6. The van der Waals surface area contributed by atoms with Gasteiger partial charge in [0, 0.05) is 44.9 Å². The summed E-state index contributed by atoms with van der Waals surface area (Å²) < 4.78 is 5.16. The van der Waals surface area contributed by atoms with Crippen LogP contribution in [0.1, 0.15) is 6.42 Å². The Morgan fingerprint density at radius 3 is 2.90 bits per heavy atom. The number of piperidine rings is 1. The number of hydrazine groups is 1. The number of methoxy groups -OCH3 is 1. The molecule has 2 fully saturated rings. The summed E-state index contributed by atoms with van der Waals surface area (Å²) in [5.41, 5.74) is 4.10. The van der Waals surface area contributed by atoms with Gasteiger partial charge in [0.05, 0.1) is 23.6 Å². The SMILES string of the molecule is COCCCN1CC(C(=O)Nc2nccs2)C2NN(c3ccccc3)C(=O)C2C1. The molecule has 0 radical (unpaired) electrons. The topological polar surface area (TPSA) is 86.8 Å². The molecule has 4 rings (SSSR count). The van der Waals surface area contributed by atoms with Crippen LogP contribution in [0.3, 0.4) is 0 Å². The lowest BCUT2D eigenvalue weighted by atomic mass is 9.84. The van der Waals surface area contributed by atoms with Crippen molar-refractivity contribution in [3.8, 4) is 0 Å². The van der Waals surface area contributed by atoms with E-state index in [4.69, 9.17) is 4.74 Å². The molecule has 1 aromatic heterocycles. The molecule has 2 aliphatic heterocycles. The van der Waals surface area contributed by atoms with Gasteiger partial charge in [0.2, 0.25) is 11.8 Å². The molecule has 2 aliphatic rings. The largest absolute Gasteiger partial charge is 0.385 e. The molecule has 8 nitrogen and oxygen atoms in total. The highest BCUT2D eigenvalue weighted by Gasteiger charge is 2.50. The number of likely N-dealkylation sites (tertiary alicyclic amines) is 1. The van der Waals surface area contributed by atoms with Crippen LogP contribution in [0.15, 0.2) is 41.9 Å². The Labute approximate surface area is 173 Å². The quantitative estimate of drug-likeness (QED) is 0.668. The molecule has 2 saturated heterocycles. The van der Waals surface area contributed by atoms with E-state index in [1.165, 1.54) is 11.3 Å². The number of nitrogens with one attached hydrogen (secondary N) is 2. The number of amides is 2. The van der Waals surface area contributed by atoms with Crippen LogP contribution in [0.5, 0.6) is 0 Å². The van der Waals surface area contributed by atoms with Crippen molar-refractivity contribution >= 4 is 34.0 Å². The van der Waals surface area contributed by atoms with Crippen molar-refractivity contribution in [1.29, 1.82) is 0 Å². The minimum atomic E-state index is -0.363. The van der Waals surface area contributed by atoms with Crippen LogP contribution in [0.4, 0.5) is 10.8 Å². The maximum absolute atomic E-state index is 13.2. The van der Waals surface area contributed by atoms with Crippen LogP contribution in [-0.4, -0.2) is 61.1 Å². The van der Waals surface area contributed by atoms with E-state index in [1.807, 2.05) is 35.7 Å². The second kappa shape index (κ2) is 9.00. The first-order chi connectivity index (χ1) is 14.2.